The van der Waals surface area contributed by atoms with Gasteiger partial charge in [-0.3, -0.25) is 4.79 Å². The average molecular weight is 346 g/mol. The predicted molar refractivity (Wildman–Crippen MR) is 93.7 cm³/mol. The summed E-state index contributed by atoms with van der Waals surface area (Å²) < 4.78 is 28.9. The highest BCUT2D eigenvalue weighted by molar-refractivity contribution is 6.05. The lowest BCUT2D eigenvalue weighted by Crippen LogP contribution is -2.18. The normalized spacial score (nSPS) is 14.0. The van der Waals surface area contributed by atoms with Gasteiger partial charge >= 0.3 is 6.61 Å². The zero-order chi connectivity index (χ0) is 17.8. The Morgan fingerprint density at radius 1 is 1.16 bits per heavy atom. The molecule has 1 aliphatic heterocycles. The Morgan fingerprint density at radius 3 is 2.60 bits per heavy atom. The monoisotopic (exact) mass is 346 g/mol. The predicted octanol–water partition coefficient (Wildman–Crippen LogP) is 4.45. The number of alkyl halides is 2. The third-order valence-electron chi connectivity index (χ3n) is 4.25. The summed E-state index contributed by atoms with van der Waals surface area (Å²) in [5, 5.41) is 2.82. The minimum Gasteiger partial charge on any atom is -0.435 e. The first-order valence-corrected chi connectivity index (χ1v) is 8.25. The fourth-order valence-corrected chi connectivity index (χ4v) is 2.97. The Hall–Kier alpha value is -2.63. The van der Waals surface area contributed by atoms with Crippen LogP contribution < -0.4 is 15.0 Å². The molecule has 6 heteroatoms. The molecule has 1 fully saturated rings. The number of anilines is 2. The number of halogens is 2. The van der Waals surface area contributed by atoms with Crippen molar-refractivity contribution in [1.29, 1.82) is 0 Å². The molecule has 0 radical (unpaired) electrons. The molecule has 2 aromatic carbocycles. The molecule has 0 saturated carbocycles. The number of carbonyl (C=O) groups excluding carboxylic acids is 1. The lowest BCUT2D eigenvalue weighted by molar-refractivity contribution is -0.0498. The summed E-state index contributed by atoms with van der Waals surface area (Å²) in [6.07, 6.45) is 2.41. The van der Waals surface area contributed by atoms with Crippen molar-refractivity contribution in [2.24, 2.45) is 0 Å². The van der Waals surface area contributed by atoms with Gasteiger partial charge in [0, 0.05) is 30.0 Å². The minimum atomic E-state index is -2.92. The molecule has 0 spiro atoms. The van der Waals surface area contributed by atoms with Crippen LogP contribution in [-0.4, -0.2) is 25.6 Å². The van der Waals surface area contributed by atoms with E-state index in [1.54, 1.807) is 6.07 Å². The van der Waals surface area contributed by atoms with Gasteiger partial charge in [0.25, 0.3) is 5.91 Å². The number of ether oxygens (including phenoxy) is 1. The minimum absolute atomic E-state index is 0.0382. The summed E-state index contributed by atoms with van der Waals surface area (Å²) in [5.74, 6) is -0.402. The first-order chi connectivity index (χ1) is 12.0. The Kier molecular flexibility index (Phi) is 5.16. The van der Waals surface area contributed by atoms with E-state index in [1.165, 1.54) is 31.0 Å². The van der Waals surface area contributed by atoms with Gasteiger partial charge < -0.3 is 15.0 Å². The summed E-state index contributed by atoms with van der Waals surface area (Å²) in [6, 6.07) is 11.7. The maximum absolute atomic E-state index is 12.4. The van der Waals surface area contributed by atoms with Crippen molar-refractivity contribution in [3.8, 4) is 5.75 Å². The van der Waals surface area contributed by atoms with Crippen LogP contribution in [0.15, 0.2) is 42.5 Å². The molecule has 1 N–H and O–H groups in total. The average Bonchev–Trinajstić information content (AvgIpc) is 3.11. The maximum atomic E-state index is 12.4. The van der Waals surface area contributed by atoms with E-state index in [0.29, 0.717) is 5.69 Å². The van der Waals surface area contributed by atoms with Gasteiger partial charge in [0.15, 0.2) is 0 Å². The lowest BCUT2D eigenvalue weighted by atomic mass is 10.1. The largest absolute Gasteiger partial charge is 0.435 e. The fraction of sp³-hybridized carbons (Fsp3) is 0.316. The van der Waals surface area contributed by atoms with Crippen LogP contribution in [0, 0.1) is 6.92 Å². The fourth-order valence-electron chi connectivity index (χ4n) is 2.97. The summed E-state index contributed by atoms with van der Waals surface area (Å²) in [5.41, 5.74) is 3.08. The number of hydrogen-bond acceptors (Lipinski definition) is 3. The summed E-state index contributed by atoms with van der Waals surface area (Å²) in [7, 11) is 0. The second kappa shape index (κ2) is 7.51. The van der Waals surface area contributed by atoms with E-state index in [4.69, 9.17) is 0 Å². The number of benzene rings is 2. The Labute approximate surface area is 145 Å². The molecule has 3 rings (SSSR count). The molecule has 0 aliphatic carbocycles. The molecule has 132 valence electrons. The molecule has 0 unspecified atom stereocenters. The third-order valence-corrected chi connectivity index (χ3v) is 4.25. The SMILES string of the molecule is Cc1cc(N2CCCC2)ccc1NC(=O)c1cccc(OC(F)F)c1. The van der Waals surface area contributed by atoms with Gasteiger partial charge in [-0.2, -0.15) is 8.78 Å². The molecular formula is C19H20F2N2O2. The number of nitrogens with one attached hydrogen (secondary N) is 1. The lowest BCUT2D eigenvalue weighted by Gasteiger charge is -2.19. The van der Waals surface area contributed by atoms with Crippen LogP contribution in [0.5, 0.6) is 5.75 Å². The third kappa shape index (κ3) is 4.26. The van der Waals surface area contributed by atoms with Gasteiger partial charge in [-0.05, 0) is 61.7 Å². The topological polar surface area (TPSA) is 41.6 Å². The van der Waals surface area contributed by atoms with E-state index in [9.17, 15) is 13.6 Å². The molecule has 0 aromatic heterocycles. The first-order valence-electron chi connectivity index (χ1n) is 8.25. The number of hydrogen-bond donors (Lipinski definition) is 1. The van der Waals surface area contributed by atoms with Crippen molar-refractivity contribution in [3.05, 3.63) is 53.6 Å². The molecule has 1 aliphatic rings. The number of aryl methyl sites for hydroxylation is 1. The zero-order valence-corrected chi connectivity index (χ0v) is 14.0. The van der Waals surface area contributed by atoms with E-state index in [2.05, 4.69) is 21.0 Å². The molecular weight excluding hydrogens is 326 g/mol. The van der Waals surface area contributed by atoms with E-state index < -0.39 is 6.61 Å². The Bertz CT molecular complexity index is 759. The molecule has 1 heterocycles. The van der Waals surface area contributed by atoms with E-state index in [-0.39, 0.29) is 17.2 Å². The maximum Gasteiger partial charge on any atom is 0.387 e. The quantitative estimate of drug-likeness (QED) is 0.870. The van der Waals surface area contributed by atoms with Crippen LogP contribution in [0.1, 0.15) is 28.8 Å². The molecule has 4 nitrogen and oxygen atoms in total. The van der Waals surface area contributed by atoms with Gasteiger partial charge in [0.2, 0.25) is 0 Å². The van der Waals surface area contributed by atoms with Crippen LogP contribution in [0.4, 0.5) is 20.2 Å². The van der Waals surface area contributed by atoms with Crippen LogP contribution in [0.3, 0.4) is 0 Å². The number of carbonyl (C=O) groups is 1. The summed E-state index contributed by atoms with van der Waals surface area (Å²) in [6.45, 7) is 1.13. The van der Waals surface area contributed by atoms with Crippen LogP contribution in [0.2, 0.25) is 0 Å². The van der Waals surface area contributed by atoms with Crippen LogP contribution in [-0.2, 0) is 0 Å². The van der Waals surface area contributed by atoms with Crippen LogP contribution >= 0.6 is 0 Å². The van der Waals surface area contributed by atoms with Gasteiger partial charge in [-0.15, -0.1) is 0 Å². The molecule has 2 aromatic rings. The van der Waals surface area contributed by atoms with Crippen molar-refractivity contribution in [2.75, 3.05) is 23.3 Å². The number of nitrogens with zero attached hydrogens (tertiary/aromatic N) is 1. The molecule has 0 atom stereocenters. The van der Waals surface area contributed by atoms with E-state index in [1.807, 2.05) is 19.1 Å². The van der Waals surface area contributed by atoms with Crippen molar-refractivity contribution in [3.63, 3.8) is 0 Å². The van der Waals surface area contributed by atoms with E-state index >= 15 is 0 Å². The smallest absolute Gasteiger partial charge is 0.387 e. The van der Waals surface area contributed by atoms with Crippen molar-refractivity contribution in [2.45, 2.75) is 26.4 Å². The highest BCUT2D eigenvalue weighted by atomic mass is 19.3. The molecule has 25 heavy (non-hydrogen) atoms. The second-order valence-electron chi connectivity index (χ2n) is 6.05. The van der Waals surface area contributed by atoms with Crippen molar-refractivity contribution >= 4 is 17.3 Å². The number of amides is 1. The Balaban J connectivity index is 1.72. The van der Waals surface area contributed by atoms with E-state index in [0.717, 1.165) is 24.3 Å². The summed E-state index contributed by atoms with van der Waals surface area (Å²) >= 11 is 0. The standard InChI is InChI=1S/C19H20F2N2O2/c1-13-11-15(23-9-2-3-10-23)7-8-17(13)22-18(24)14-5-4-6-16(12-14)25-19(20)21/h4-8,11-12,19H,2-3,9-10H2,1H3,(H,22,24). The Morgan fingerprint density at radius 2 is 1.92 bits per heavy atom. The van der Waals surface area contributed by atoms with Gasteiger partial charge in [-0.25, -0.2) is 0 Å². The van der Waals surface area contributed by atoms with Gasteiger partial charge in [-0.1, -0.05) is 6.07 Å². The van der Waals surface area contributed by atoms with Gasteiger partial charge in [0.05, 0.1) is 0 Å². The zero-order valence-electron chi connectivity index (χ0n) is 14.0. The number of rotatable bonds is 5. The highest BCUT2D eigenvalue weighted by Crippen LogP contribution is 2.26. The van der Waals surface area contributed by atoms with Crippen LogP contribution in [0.25, 0.3) is 0 Å². The van der Waals surface area contributed by atoms with Crippen molar-refractivity contribution < 1.29 is 18.3 Å². The molecule has 0 bridgehead atoms. The van der Waals surface area contributed by atoms with Gasteiger partial charge in [0.1, 0.15) is 5.75 Å². The molecule has 1 amide bonds. The second-order valence-corrected chi connectivity index (χ2v) is 6.05. The van der Waals surface area contributed by atoms with Crippen molar-refractivity contribution in [1.82, 2.24) is 0 Å². The summed E-state index contributed by atoms with van der Waals surface area (Å²) in [4.78, 5) is 14.7. The first kappa shape index (κ1) is 17.2. The highest BCUT2D eigenvalue weighted by Gasteiger charge is 2.14. The molecule has 1 saturated heterocycles.